The van der Waals surface area contributed by atoms with Crippen molar-refractivity contribution in [3.63, 3.8) is 0 Å². The molecule has 2 aliphatic rings. The van der Waals surface area contributed by atoms with Crippen LogP contribution in [0, 0.1) is 0 Å². The fourth-order valence-corrected chi connectivity index (χ4v) is 3.44. The van der Waals surface area contributed by atoms with Crippen molar-refractivity contribution in [1.82, 2.24) is 25.4 Å². The van der Waals surface area contributed by atoms with Gasteiger partial charge >= 0.3 is 0 Å². The van der Waals surface area contributed by atoms with Crippen LogP contribution in [0.25, 0.3) is 0 Å². The molecule has 0 spiro atoms. The number of fused-ring (bicyclic) bond motifs is 1. The molecule has 0 saturated carbocycles. The first-order valence-electron chi connectivity index (χ1n) is 9.14. The van der Waals surface area contributed by atoms with Gasteiger partial charge in [0.15, 0.2) is 5.96 Å². The number of aliphatic imine (C=N–C) groups is 1. The van der Waals surface area contributed by atoms with Gasteiger partial charge in [0.1, 0.15) is 12.2 Å². The zero-order valence-corrected chi connectivity index (χ0v) is 17.8. The molecular formula is C19H26IN7. The maximum absolute atomic E-state index is 4.35. The van der Waals surface area contributed by atoms with Gasteiger partial charge in [0, 0.05) is 44.8 Å². The van der Waals surface area contributed by atoms with Gasteiger partial charge in [-0.05, 0) is 24.1 Å². The normalized spacial score (nSPS) is 18.8. The molecule has 0 aliphatic carbocycles. The molecule has 0 saturated heterocycles. The van der Waals surface area contributed by atoms with Gasteiger partial charge < -0.3 is 15.5 Å². The standard InChI is InChI=1S/C19H25N7.HI/c1-20-19(24-16-6-9-18-22-14-23-26(18)13-16)21-12-15-4-7-17(8-5-15)25-10-2-3-11-25;/h2-5,7-8,14,16H,6,9-13H2,1H3,(H2,20,21,24);1H. The lowest BCUT2D eigenvalue weighted by atomic mass is 10.1. The highest BCUT2D eigenvalue weighted by Crippen LogP contribution is 2.17. The lowest BCUT2D eigenvalue weighted by Crippen LogP contribution is -2.46. The molecule has 1 unspecified atom stereocenters. The van der Waals surface area contributed by atoms with Crippen molar-refractivity contribution in [2.45, 2.75) is 32.0 Å². The second-order valence-corrected chi connectivity index (χ2v) is 6.71. The van der Waals surface area contributed by atoms with Gasteiger partial charge in [0.2, 0.25) is 0 Å². The third kappa shape index (κ3) is 4.79. The van der Waals surface area contributed by atoms with E-state index in [1.54, 1.807) is 6.33 Å². The van der Waals surface area contributed by atoms with Gasteiger partial charge in [-0.2, -0.15) is 5.10 Å². The number of aromatic nitrogens is 3. The van der Waals surface area contributed by atoms with Crippen molar-refractivity contribution in [3.8, 4) is 0 Å². The van der Waals surface area contributed by atoms with Crippen LogP contribution in [0.3, 0.4) is 0 Å². The van der Waals surface area contributed by atoms with Gasteiger partial charge in [-0.25, -0.2) is 9.67 Å². The van der Waals surface area contributed by atoms with Crippen LogP contribution in [0.5, 0.6) is 0 Å². The Morgan fingerprint density at radius 1 is 1.22 bits per heavy atom. The summed E-state index contributed by atoms with van der Waals surface area (Å²) in [7, 11) is 1.81. The highest BCUT2D eigenvalue weighted by molar-refractivity contribution is 14.0. The highest BCUT2D eigenvalue weighted by Gasteiger charge is 2.20. The molecule has 7 nitrogen and oxygen atoms in total. The summed E-state index contributed by atoms with van der Waals surface area (Å²) in [5.41, 5.74) is 2.51. The first kappa shape index (κ1) is 19.7. The zero-order valence-electron chi connectivity index (χ0n) is 15.5. The summed E-state index contributed by atoms with van der Waals surface area (Å²) in [5.74, 6) is 1.89. The number of anilines is 1. The highest BCUT2D eigenvalue weighted by atomic mass is 127. The van der Waals surface area contributed by atoms with E-state index in [-0.39, 0.29) is 24.0 Å². The van der Waals surface area contributed by atoms with Crippen molar-refractivity contribution < 1.29 is 0 Å². The summed E-state index contributed by atoms with van der Waals surface area (Å²) >= 11 is 0. The molecule has 2 aromatic rings. The average molecular weight is 479 g/mol. The predicted octanol–water partition coefficient (Wildman–Crippen LogP) is 1.95. The SMILES string of the molecule is CN=C(NCc1ccc(N2CC=CC2)cc1)NC1CCc2ncnn2C1.I. The molecule has 2 aliphatic heterocycles. The Balaban J connectivity index is 0.00000210. The van der Waals surface area contributed by atoms with E-state index >= 15 is 0 Å². The van der Waals surface area contributed by atoms with Crippen LogP contribution in [-0.2, 0) is 19.5 Å². The zero-order chi connectivity index (χ0) is 17.8. The molecule has 1 atom stereocenters. The summed E-state index contributed by atoms with van der Waals surface area (Å²) < 4.78 is 1.97. The largest absolute Gasteiger partial charge is 0.364 e. The predicted molar refractivity (Wildman–Crippen MR) is 119 cm³/mol. The molecule has 0 fully saturated rings. The minimum Gasteiger partial charge on any atom is -0.364 e. The minimum absolute atomic E-state index is 0. The van der Waals surface area contributed by atoms with Gasteiger partial charge in [-0.15, -0.1) is 24.0 Å². The van der Waals surface area contributed by atoms with E-state index in [1.807, 2.05) is 11.7 Å². The van der Waals surface area contributed by atoms with E-state index in [2.05, 4.69) is 67.0 Å². The summed E-state index contributed by atoms with van der Waals surface area (Å²) in [6.07, 6.45) is 8.03. The Bertz CT molecular complexity index is 789. The number of rotatable bonds is 4. The van der Waals surface area contributed by atoms with Crippen LogP contribution in [0.2, 0.25) is 0 Å². The van der Waals surface area contributed by atoms with Crippen LogP contribution < -0.4 is 15.5 Å². The van der Waals surface area contributed by atoms with Crippen molar-refractivity contribution in [2.24, 2.45) is 4.99 Å². The van der Waals surface area contributed by atoms with Gasteiger partial charge in [0.05, 0.1) is 6.54 Å². The second kappa shape index (κ2) is 9.20. The first-order valence-corrected chi connectivity index (χ1v) is 9.14. The van der Waals surface area contributed by atoms with Crippen LogP contribution in [0.4, 0.5) is 5.69 Å². The molecule has 0 amide bonds. The van der Waals surface area contributed by atoms with Crippen molar-refractivity contribution in [1.29, 1.82) is 0 Å². The molecule has 4 rings (SSSR count). The Labute approximate surface area is 177 Å². The number of nitrogens with one attached hydrogen (secondary N) is 2. The molecule has 3 heterocycles. The van der Waals surface area contributed by atoms with Crippen LogP contribution >= 0.6 is 24.0 Å². The number of halogens is 1. The molecule has 1 aromatic carbocycles. The Kier molecular flexibility index (Phi) is 6.70. The number of aryl methyl sites for hydroxylation is 1. The van der Waals surface area contributed by atoms with Crippen LogP contribution in [0.15, 0.2) is 47.7 Å². The van der Waals surface area contributed by atoms with Crippen molar-refractivity contribution in [3.05, 3.63) is 54.1 Å². The molecular weight excluding hydrogens is 453 g/mol. The molecule has 2 N–H and O–H groups in total. The molecule has 27 heavy (non-hydrogen) atoms. The monoisotopic (exact) mass is 479 g/mol. The lowest BCUT2D eigenvalue weighted by molar-refractivity contribution is 0.392. The van der Waals surface area contributed by atoms with E-state index in [0.29, 0.717) is 6.04 Å². The minimum atomic E-state index is 0. The summed E-state index contributed by atoms with van der Waals surface area (Å²) in [6, 6.07) is 9.05. The maximum atomic E-state index is 4.35. The quantitative estimate of drug-likeness (QED) is 0.304. The third-order valence-electron chi connectivity index (χ3n) is 4.95. The van der Waals surface area contributed by atoms with E-state index < -0.39 is 0 Å². The van der Waals surface area contributed by atoms with Gasteiger partial charge in [-0.3, -0.25) is 4.99 Å². The van der Waals surface area contributed by atoms with Crippen molar-refractivity contribution >= 4 is 35.6 Å². The van der Waals surface area contributed by atoms with E-state index in [1.165, 1.54) is 11.3 Å². The van der Waals surface area contributed by atoms with Crippen LogP contribution in [0.1, 0.15) is 17.8 Å². The van der Waals surface area contributed by atoms with Gasteiger partial charge in [-0.1, -0.05) is 24.3 Å². The first-order chi connectivity index (χ1) is 12.8. The number of nitrogens with zero attached hydrogens (tertiary/aromatic N) is 5. The Hall–Kier alpha value is -2.10. The molecule has 0 bridgehead atoms. The number of hydrogen-bond acceptors (Lipinski definition) is 4. The third-order valence-corrected chi connectivity index (χ3v) is 4.95. The summed E-state index contributed by atoms with van der Waals surface area (Å²) in [5, 5.41) is 11.2. The number of benzene rings is 1. The van der Waals surface area contributed by atoms with E-state index in [9.17, 15) is 0 Å². The smallest absolute Gasteiger partial charge is 0.191 e. The summed E-state index contributed by atoms with van der Waals surface area (Å²) in [6.45, 7) is 3.58. The van der Waals surface area contributed by atoms with Crippen molar-refractivity contribution in [2.75, 3.05) is 25.0 Å². The maximum Gasteiger partial charge on any atom is 0.191 e. The molecule has 144 valence electrons. The summed E-state index contributed by atoms with van der Waals surface area (Å²) in [4.78, 5) is 11.0. The lowest BCUT2D eigenvalue weighted by Gasteiger charge is -2.25. The average Bonchev–Trinajstić information content (AvgIpc) is 3.37. The molecule has 0 radical (unpaired) electrons. The Morgan fingerprint density at radius 3 is 2.74 bits per heavy atom. The topological polar surface area (TPSA) is 70.4 Å². The molecule has 1 aromatic heterocycles. The number of hydrogen-bond donors (Lipinski definition) is 2. The van der Waals surface area contributed by atoms with E-state index in [0.717, 1.165) is 50.8 Å². The fourth-order valence-electron chi connectivity index (χ4n) is 3.44. The molecule has 8 heteroatoms. The van der Waals surface area contributed by atoms with Gasteiger partial charge in [0.25, 0.3) is 0 Å². The Morgan fingerprint density at radius 2 is 2.00 bits per heavy atom. The van der Waals surface area contributed by atoms with E-state index in [4.69, 9.17) is 0 Å². The fraction of sp³-hybridized carbons (Fsp3) is 0.421. The van der Waals surface area contributed by atoms with Crippen LogP contribution in [-0.4, -0.2) is 46.9 Å². The second-order valence-electron chi connectivity index (χ2n) is 6.71. The number of guanidine groups is 1.